The molecule has 12 heteroatoms. The number of aryl methyl sites for hydroxylation is 1. The molecule has 3 aromatic rings. The number of benzene rings is 1. The van der Waals surface area contributed by atoms with E-state index >= 15 is 0 Å². The van der Waals surface area contributed by atoms with Gasteiger partial charge in [0.25, 0.3) is 11.6 Å². The number of nitro benzene ring substituents is 1. The van der Waals surface area contributed by atoms with Crippen molar-refractivity contribution in [1.29, 1.82) is 5.26 Å². The fourth-order valence-electron chi connectivity index (χ4n) is 2.92. The average molecular weight is 484 g/mol. The summed E-state index contributed by atoms with van der Waals surface area (Å²) in [5.74, 6) is 0.188. The number of hydrazone groups is 1. The van der Waals surface area contributed by atoms with Crippen molar-refractivity contribution in [3.8, 4) is 23.3 Å². The average Bonchev–Trinajstić information content (AvgIpc) is 3.26. The van der Waals surface area contributed by atoms with Crippen LogP contribution in [0, 0.1) is 28.4 Å². The van der Waals surface area contributed by atoms with Gasteiger partial charge in [0.05, 0.1) is 17.7 Å². The number of nitrogens with zero attached hydrogens (tertiary/aromatic N) is 4. The third-order valence-electron chi connectivity index (χ3n) is 4.38. The summed E-state index contributed by atoms with van der Waals surface area (Å²) in [7, 11) is 1.51. The first-order valence-corrected chi connectivity index (χ1v) is 10.1. The second kappa shape index (κ2) is 11.0. The Morgan fingerprint density at radius 3 is 2.85 bits per heavy atom. The van der Waals surface area contributed by atoms with Crippen molar-refractivity contribution >= 4 is 29.4 Å². The molecule has 0 aliphatic carbocycles. The van der Waals surface area contributed by atoms with Gasteiger partial charge < -0.3 is 13.9 Å². The van der Waals surface area contributed by atoms with Crippen LogP contribution in [0.1, 0.15) is 22.6 Å². The first-order chi connectivity index (χ1) is 16.3. The molecule has 0 bridgehead atoms. The van der Waals surface area contributed by atoms with E-state index in [1.807, 2.05) is 6.07 Å². The lowest BCUT2D eigenvalue weighted by atomic mass is 10.1. The molecule has 1 aromatic carbocycles. The molecule has 2 heterocycles. The molecule has 1 amide bonds. The zero-order valence-electron chi connectivity index (χ0n) is 18.1. The summed E-state index contributed by atoms with van der Waals surface area (Å²) in [6.07, 6.45) is 1.27. The second-order valence-corrected chi connectivity index (χ2v) is 7.26. The molecule has 0 aliphatic heterocycles. The summed E-state index contributed by atoms with van der Waals surface area (Å²) in [4.78, 5) is 26.5. The van der Waals surface area contributed by atoms with E-state index in [4.69, 9.17) is 25.5 Å². The SMILES string of the molecule is COCc1cc(C)nc(OCC(=O)N/N=C/c2ccc(-c3ccc([N+](=O)[O-])c(Cl)c3)o2)c1C#N. The number of ether oxygens (including phenoxy) is 2. The Hall–Kier alpha value is -4.27. The van der Waals surface area contributed by atoms with E-state index in [0.29, 0.717) is 28.3 Å². The Balaban J connectivity index is 1.60. The number of nitrogens with one attached hydrogen (secondary N) is 1. The van der Waals surface area contributed by atoms with E-state index < -0.39 is 17.4 Å². The number of rotatable bonds is 9. The Bertz CT molecular complexity index is 1300. The summed E-state index contributed by atoms with van der Waals surface area (Å²) >= 11 is 5.93. The van der Waals surface area contributed by atoms with Crippen LogP contribution in [0.15, 0.2) is 45.9 Å². The number of halogens is 1. The molecule has 2 aromatic heterocycles. The van der Waals surface area contributed by atoms with E-state index in [0.717, 1.165) is 0 Å². The molecule has 1 N–H and O–H groups in total. The third kappa shape index (κ3) is 5.94. The van der Waals surface area contributed by atoms with Gasteiger partial charge in [-0.25, -0.2) is 10.4 Å². The van der Waals surface area contributed by atoms with Gasteiger partial charge in [-0.05, 0) is 37.3 Å². The summed E-state index contributed by atoms with van der Waals surface area (Å²) < 4.78 is 16.1. The predicted molar refractivity (Wildman–Crippen MR) is 121 cm³/mol. The highest BCUT2D eigenvalue weighted by atomic mass is 35.5. The summed E-state index contributed by atoms with van der Waals surface area (Å²) in [5.41, 5.74) is 4.03. The van der Waals surface area contributed by atoms with Crippen molar-refractivity contribution in [2.24, 2.45) is 5.10 Å². The number of carbonyl (C=O) groups is 1. The van der Waals surface area contributed by atoms with Crippen LogP contribution in [0.4, 0.5) is 5.69 Å². The van der Waals surface area contributed by atoms with Gasteiger partial charge >= 0.3 is 0 Å². The van der Waals surface area contributed by atoms with Gasteiger partial charge in [-0.15, -0.1) is 0 Å². The van der Waals surface area contributed by atoms with Gasteiger partial charge in [-0.3, -0.25) is 14.9 Å². The third-order valence-corrected chi connectivity index (χ3v) is 4.69. The highest BCUT2D eigenvalue weighted by Gasteiger charge is 2.15. The molecule has 0 aliphatic rings. The maximum Gasteiger partial charge on any atom is 0.287 e. The Morgan fingerprint density at radius 2 is 2.18 bits per heavy atom. The monoisotopic (exact) mass is 483 g/mol. The molecule has 0 radical (unpaired) electrons. The van der Waals surface area contributed by atoms with Gasteiger partial charge in [0, 0.05) is 30.0 Å². The van der Waals surface area contributed by atoms with E-state index in [-0.39, 0.29) is 28.8 Å². The van der Waals surface area contributed by atoms with Crippen molar-refractivity contribution in [1.82, 2.24) is 10.4 Å². The summed E-state index contributed by atoms with van der Waals surface area (Å²) in [5, 5.41) is 24.1. The van der Waals surface area contributed by atoms with E-state index in [1.165, 1.54) is 31.5 Å². The van der Waals surface area contributed by atoms with Gasteiger partial charge in [0.1, 0.15) is 28.2 Å². The Kier molecular flexibility index (Phi) is 7.92. The summed E-state index contributed by atoms with van der Waals surface area (Å²) in [6.45, 7) is 1.52. The molecule has 34 heavy (non-hydrogen) atoms. The number of methoxy groups -OCH3 is 1. The van der Waals surface area contributed by atoms with Crippen molar-refractivity contribution in [2.45, 2.75) is 13.5 Å². The number of pyridine rings is 1. The van der Waals surface area contributed by atoms with E-state index in [2.05, 4.69) is 15.5 Å². The largest absolute Gasteiger partial charge is 0.467 e. The quantitative estimate of drug-likeness (QED) is 0.274. The van der Waals surface area contributed by atoms with Gasteiger partial charge in [0.15, 0.2) is 6.61 Å². The van der Waals surface area contributed by atoms with Crippen LogP contribution >= 0.6 is 11.6 Å². The normalized spacial score (nSPS) is 10.8. The molecule has 0 unspecified atom stereocenters. The minimum atomic E-state index is -0.578. The Morgan fingerprint density at radius 1 is 1.38 bits per heavy atom. The smallest absolute Gasteiger partial charge is 0.287 e. The molecule has 0 fully saturated rings. The topological polar surface area (TPSA) is 153 Å². The fourth-order valence-corrected chi connectivity index (χ4v) is 3.17. The van der Waals surface area contributed by atoms with Crippen LogP contribution in [-0.2, 0) is 16.1 Å². The van der Waals surface area contributed by atoms with Crippen LogP contribution in [0.25, 0.3) is 11.3 Å². The molecular formula is C22H18ClN5O6. The van der Waals surface area contributed by atoms with E-state index in [9.17, 15) is 20.2 Å². The molecular weight excluding hydrogens is 466 g/mol. The fraction of sp³-hybridized carbons (Fsp3) is 0.182. The number of hydrogen-bond acceptors (Lipinski definition) is 9. The van der Waals surface area contributed by atoms with Crippen molar-refractivity contribution in [2.75, 3.05) is 13.7 Å². The van der Waals surface area contributed by atoms with Gasteiger partial charge in [-0.2, -0.15) is 10.4 Å². The van der Waals surface area contributed by atoms with Gasteiger partial charge in [-0.1, -0.05) is 11.6 Å². The lowest BCUT2D eigenvalue weighted by Crippen LogP contribution is -2.25. The Labute approximate surface area is 198 Å². The summed E-state index contributed by atoms with van der Waals surface area (Å²) in [6, 6.07) is 11.2. The first-order valence-electron chi connectivity index (χ1n) is 9.70. The minimum absolute atomic E-state index is 0.0154. The number of hydrogen-bond donors (Lipinski definition) is 1. The lowest BCUT2D eigenvalue weighted by Gasteiger charge is -2.10. The van der Waals surface area contributed by atoms with Crippen LogP contribution in [0.5, 0.6) is 5.88 Å². The second-order valence-electron chi connectivity index (χ2n) is 6.85. The molecule has 0 spiro atoms. The predicted octanol–water partition coefficient (Wildman–Crippen LogP) is 3.76. The number of nitro groups is 1. The molecule has 0 atom stereocenters. The maximum absolute atomic E-state index is 12.1. The van der Waals surface area contributed by atoms with E-state index in [1.54, 1.807) is 25.1 Å². The van der Waals surface area contributed by atoms with Crippen molar-refractivity contribution < 1.29 is 23.6 Å². The number of amides is 1. The van der Waals surface area contributed by atoms with Crippen molar-refractivity contribution in [3.63, 3.8) is 0 Å². The lowest BCUT2D eigenvalue weighted by molar-refractivity contribution is -0.384. The zero-order valence-corrected chi connectivity index (χ0v) is 18.8. The van der Waals surface area contributed by atoms with Gasteiger partial charge in [0.2, 0.25) is 5.88 Å². The highest BCUT2D eigenvalue weighted by molar-refractivity contribution is 6.32. The molecule has 0 saturated heterocycles. The number of furan rings is 1. The number of nitriles is 1. The van der Waals surface area contributed by atoms with Crippen molar-refractivity contribution in [3.05, 3.63) is 74.1 Å². The molecule has 174 valence electrons. The van der Waals surface area contributed by atoms with Crippen LogP contribution in [-0.4, -0.2) is 35.7 Å². The van der Waals surface area contributed by atoms with Crippen LogP contribution in [0.3, 0.4) is 0 Å². The molecule has 0 saturated carbocycles. The molecule has 3 rings (SSSR count). The van der Waals surface area contributed by atoms with Crippen LogP contribution < -0.4 is 10.2 Å². The number of aromatic nitrogens is 1. The highest BCUT2D eigenvalue weighted by Crippen LogP contribution is 2.30. The van der Waals surface area contributed by atoms with Crippen LogP contribution in [0.2, 0.25) is 5.02 Å². The first kappa shape index (κ1) is 24.4. The zero-order chi connectivity index (χ0) is 24.7. The standard InChI is InChI=1S/C22H18ClN5O6/c1-13-7-15(11-32-2)17(9-24)22(26-13)33-12-21(29)27-25-10-16-4-6-20(34-16)14-3-5-19(28(30)31)18(23)8-14/h3-8,10H,11-12H2,1-2H3,(H,27,29)/b25-10+. The number of carbonyl (C=O) groups excluding carboxylic acids is 1. The minimum Gasteiger partial charge on any atom is -0.467 e. The maximum atomic E-state index is 12.1. The molecule has 11 nitrogen and oxygen atoms in total.